The van der Waals surface area contributed by atoms with Gasteiger partial charge in [0.25, 0.3) is 0 Å². The summed E-state index contributed by atoms with van der Waals surface area (Å²) in [6.45, 7) is 4.33. The average molecular weight is 363 g/mol. The zero-order valence-electron chi connectivity index (χ0n) is 15.6. The van der Waals surface area contributed by atoms with Crippen LogP contribution >= 0.6 is 0 Å². The molecule has 1 N–H and O–H groups in total. The number of benzene rings is 1. The fourth-order valence-corrected chi connectivity index (χ4v) is 2.59. The first-order chi connectivity index (χ1) is 12.3. The highest BCUT2D eigenvalue weighted by molar-refractivity contribution is 6.05. The lowest BCUT2D eigenvalue weighted by Gasteiger charge is -2.22. The number of Topliss-reactive ketones (excluding diaryl/α,β-unsaturated/α-hetero) is 1. The maximum absolute atomic E-state index is 12.5. The molecule has 26 heavy (non-hydrogen) atoms. The number of amides is 2. The molecule has 8 heteroatoms. The molecular weight excluding hydrogens is 338 g/mol. The molecule has 0 saturated heterocycles. The van der Waals surface area contributed by atoms with Crippen molar-refractivity contribution in [2.24, 2.45) is 0 Å². The van der Waals surface area contributed by atoms with Gasteiger partial charge in [-0.15, -0.1) is 0 Å². The minimum Gasteiger partial charge on any atom is -0.454 e. The van der Waals surface area contributed by atoms with E-state index in [9.17, 15) is 14.4 Å². The number of nitrogens with one attached hydrogen (secondary N) is 1. The summed E-state index contributed by atoms with van der Waals surface area (Å²) in [5.41, 5.74) is 0.733. The second kappa shape index (κ2) is 8.66. The normalized spacial score (nSPS) is 12.2. The van der Waals surface area contributed by atoms with Crippen molar-refractivity contribution in [1.82, 2.24) is 9.80 Å². The Kier molecular flexibility index (Phi) is 6.57. The van der Waals surface area contributed by atoms with Crippen molar-refractivity contribution in [3.63, 3.8) is 0 Å². The standard InChI is InChI=1S/C18H25N3O5/c1-5-6-21(10-18(24)20(3)4)9-17(23)19-14-8-16-15(25-11-26-16)7-13(14)12(2)22/h7-8H,5-6,9-11H2,1-4H3,(H,19,23). The van der Waals surface area contributed by atoms with Gasteiger partial charge in [0, 0.05) is 25.7 Å². The molecule has 1 heterocycles. The summed E-state index contributed by atoms with van der Waals surface area (Å²) in [6, 6.07) is 3.16. The van der Waals surface area contributed by atoms with E-state index in [1.807, 2.05) is 6.92 Å². The van der Waals surface area contributed by atoms with Crippen molar-refractivity contribution in [2.75, 3.05) is 45.8 Å². The van der Waals surface area contributed by atoms with Crippen LogP contribution < -0.4 is 14.8 Å². The number of carbonyl (C=O) groups excluding carboxylic acids is 3. The first-order valence-electron chi connectivity index (χ1n) is 8.48. The van der Waals surface area contributed by atoms with E-state index in [1.165, 1.54) is 11.8 Å². The molecule has 0 fully saturated rings. The smallest absolute Gasteiger partial charge is 0.238 e. The van der Waals surface area contributed by atoms with Gasteiger partial charge in [-0.05, 0) is 26.0 Å². The summed E-state index contributed by atoms with van der Waals surface area (Å²) in [5.74, 6) is 0.410. The van der Waals surface area contributed by atoms with Crippen LogP contribution in [0.5, 0.6) is 11.5 Å². The molecule has 1 aliphatic heterocycles. The fourth-order valence-electron chi connectivity index (χ4n) is 2.59. The van der Waals surface area contributed by atoms with E-state index in [4.69, 9.17) is 9.47 Å². The van der Waals surface area contributed by atoms with E-state index in [0.29, 0.717) is 29.3 Å². The maximum Gasteiger partial charge on any atom is 0.238 e. The van der Waals surface area contributed by atoms with Crippen molar-refractivity contribution >= 4 is 23.3 Å². The second-order valence-electron chi connectivity index (χ2n) is 6.35. The summed E-state index contributed by atoms with van der Waals surface area (Å²) >= 11 is 0. The Morgan fingerprint density at radius 1 is 1.12 bits per heavy atom. The van der Waals surface area contributed by atoms with Crippen molar-refractivity contribution in [3.05, 3.63) is 17.7 Å². The lowest BCUT2D eigenvalue weighted by Crippen LogP contribution is -2.41. The summed E-state index contributed by atoms with van der Waals surface area (Å²) in [7, 11) is 3.36. The molecular formula is C18H25N3O5. The van der Waals surface area contributed by atoms with Crippen LogP contribution in [0.4, 0.5) is 5.69 Å². The quantitative estimate of drug-likeness (QED) is 0.702. The monoisotopic (exact) mass is 363 g/mol. The number of fused-ring (bicyclic) bond motifs is 1. The Balaban J connectivity index is 2.10. The third-order valence-electron chi connectivity index (χ3n) is 3.93. The first-order valence-corrected chi connectivity index (χ1v) is 8.48. The van der Waals surface area contributed by atoms with Gasteiger partial charge in [0.15, 0.2) is 17.3 Å². The van der Waals surface area contributed by atoms with Gasteiger partial charge in [-0.2, -0.15) is 0 Å². The summed E-state index contributed by atoms with van der Waals surface area (Å²) < 4.78 is 10.6. The maximum atomic E-state index is 12.5. The van der Waals surface area contributed by atoms with Crippen LogP contribution in [0.15, 0.2) is 12.1 Å². The first kappa shape index (κ1) is 19.7. The fraction of sp³-hybridized carbons (Fsp3) is 0.500. The topological polar surface area (TPSA) is 88.2 Å². The van der Waals surface area contributed by atoms with E-state index in [2.05, 4.69) is 5.32 Å². The van der Waals surface area contributed by atoms with Gasteiger partial charge in [0.1, 0.15) is 0 Å². The molecule has 0 aromatic heterocycles. The molecule has 0 spiro atoms. The van der Waals surface area contributed by atoms with E-state index in [1.54, 1.807) is 31.1 Å². The minimum absolute atomic E-state index is 0.0548. The molecule has 8 nitrogen and oxygen atoms in total. The molecule has 0 atom stereocenters. The van der Waals surface area contributed by atoms with Gasteiger partial charge in [0.2, 0.25) is 18.6 Å². The van der Waals surface area contributed by atoms with Gasteiger partial charge in [0.05, 0.1) is 18.8 Å². The van der Waals surface area contributed by atoms with Gasteiger partial charge in [-0.25, -0.2) is 0 Å². The molecule has 0 aliphatic carbocycles. The molecule has 2 rings (SSSR count). The molecule has 1 aromatic rings. The van der Waals surface area contributed by atoms with Gasteiger partial charge in [-0.3, -0.25) is 19.3 Å². The number of hydrogen-bond donors (Lipinski definition) is 1. The lowest BCUT2D eigenvalue weighted by molar-refractivity contribution is -0.130. The summed E-state index contributed by atoms with van der Waals surface area (Å²) in [4.78, 5) is 39.5. The lowest BCUT2D eigenvalue weighted by atomic mass is 10.1. The van der Waals surface area contributed by atoms with Crippen molar-refractivity contribution in [2.45, 2.75) is 20.3 Å². The van der Waals surface area contributed by atoms with Crippen LogP contribution in [0.3, 0.4) is 0 Å². The van der Waals surface area contributed by atoms with Crippen molar-refractivity contribution in [3.8, 4) is 11.5 Å². The van der Waals surface area contributed by atoms with E-state index in [0.717, 1.165) is 6.42 Å². The van der Waals surface area contributed by atoms with Crippen LogP contribution in [-0.4, -0.2) is 67.9 Å². The largest absolute Gasteiger partial charge is 0.454 e. The number of rotatable bonds is 8. The highest BCUT2D eigenvalue weighted by Gasteiger charge is 2.21. The van der Waals surface area contributed by atoms with Crippen LogP contribution in [0.2, 0.25) is 0 Å². The van der Waals surface area contributed by atoms with Crippen LogP contribution in [0, 0.1) is 0 Å². The third kappa shape index (κ3) is 4.95. The molecule has 0 radical (unpaired) electrons. The number of hydrogen-bond acceptors (Lipinski definition) is 6. The Hall–Kier alpha value is -2.61. The highest BCUT2D eigenvalue weighted by atomic mass is 16.7. The molecule has 0 bridgehead atoms. The number of ether oxygens (including phenoxy) is 2. The van der Waals surface area contributed by atoms with E-state index >= 15 is 0 Å². The highest BCUT2D eigenvalue weighted by Crippen LogP contribution is 2.37. The molecule has 0 unspecified atom stereocenters. The molecule has 1 aromatic carbocycles. The predicted octanol–water partition coefficient (Wildman–Crippen LogP) is 1.36. The number of ketones is 1. The molecule has 1 aliphatic rings. The van der Waals surface area contributed by atoms with Crippen molar-refractivity contribution < 1.29 is 23.9 Å². The number of anilines is 1. The zero-order chi connectivity index (χ0) is 19.3. The minimum atomic E-state index is -0.300. The second-order valence-corrected chi connectivity index (χ2v) is 6.35. The van der Waals surface area contributed by atoms with E-state index < -0.39 is 0 Å². The van der Waals surface area contributed by atoms with Crippen molar-refractivity contribution in [1.29, 1.82) is 0 Å². The summed E-state index contributed by atoms with van der Waals surface area (Å²) in [6.07, 6.45) is 0.816. The number of carbonyl (C=O) groups is 3. The molecule has 2 amide bonds. The van der Waals surface area contributed by atoms with Gasteiger partial charge < -0.3 is 19.7 Å². The van der Waals surface area contributed by atoms with Crippen LogP contribution in [0.1, 0.15) is 30.6 Å². The zero-order valence-corrected chi connectivity index (χ0v) is 15.6. The average Bonchev–Trinajstić information content (AvgIpc) is 3.01. The van der Waals surface area contributed by atoms with Gasteiger partial charge >= 0.3 is 0 Å². The Bertz CT molecular complexity index is 702. The summed E-state index contributed by atoms with van der Waals surface area (Å²) in [5, 5.41) is 2.75. The van der Waals surface area contributed by atoms with Gasteiger partial charge in [-0.1, -0.05) is 6.92 Å². The SMILES string of the molecule is CCCN(CC(=O)Nc1cc2c(cc1C(C)=O)OCO2)CC(=O)N(C)C. The Morgan fingerprint density at radius 3 is 2.35 bits per heavy atom. The van der Waals surface area contributed by atoms with E-state index in [-0.39, 0.29) is 37.5 Å². The van der Waals surface area contributed by atoms with Crippen LogP contribution in [-0.2, 0) is 9.59 Å². The number of likely N-dealkylation sites (N-methyl/N-ethyl adjacent to an activating group) is 1. The Labute approximate surface area is 153 Å². The molecule has 0 saturated carbocycles. The van der Waals surface area contributed by atoms with Crippen LogP contribution in [0.25, 0.3) is 0 Å². The third-order valence-corrected chi connectivity index (χ3v) is 3.93. The predicted molar refractivity (Wildman–Crippen MR) is 96.6 cm³/mol. The number of nitrogens with zero attached hydrogens (tertiary/aromatic N) is 2. The Morgan fingerprint density at radius 2 is 1.77 bits per heavy atom. The molecule has 142 valence electrons.